The molecule has 2 atom stereocenters. The van der Waals surface area contributed by atoms with Crippen molar-refractivity contribution in [2.24, 2.45) is 0 Å². The minimum Gasteiger partial charge on any atom is -0.456 e. The van der Waals surface area contributed by atoms with Crippen LogP contribution < -0.4 is 5.32 Å². The van der Waals surface area contributed by atoms with E-state index in [-0.39, 0.29) is 24.0 Å². The Morgan fingerprint density at radius 2 is 1.52 bits per heavy atom. The van der Waals surface area contributed by atoms with Gasteiger partial charge in [0.1, 0.15) is 6.10 Å². The predicted molar refractivity (Wildman–Crippen MR) is 90.7 cm³/mol. The molecule has 1 heterocycles. The lowest BCUT2D eigenvalue weighted by atomic mass is 10.1. The van der Waals surface area contributed by atoms with E-state index >= 15 is 0 Å². The van der Waals surface area contributed by atoms with Crippen molar-refractivity contribution in [3.05, 3.63) is 71.8 Å². The second-order valence-corrected chi connectivity index (χ2v) is 6.37. The second-order valence-electron chi connectivity index (χ2n) is 5.29. The largest absolute Gasteiger partial charge is 0.456 e. The van der Waals surface area contributed by atoms with E-state index in [1.54, 1.807) is 48.2 Å². The van der Waals surface area contributed by atoms with Crippen molar-refractivity contribution in [2.75, 3.05) is 11.5 Å². The number of amides is 1. The zero-order valence-electron chi connectivity index (χ0n) is 12.5. The van der Waals surface area contributed by atoms with E-state index in [0.717, 1.165) is 5.75 Å². The quantitative estimate of drug-likeness (QED) is 0.878. The van der Waals surface area contributed by atoms with Gasteiger partial charge in [0.2, 0.25) is 0 Å². The van der Waals surface area contributed by atoms with Crippen LogP contribution in [-0.2, 0) is 4.74 Å². The molecule has 1 amide bonds. The first kappa shape index (κ1) is 15.6. The number of hydrogen-bond donors (Lipinski definition) is 1. The van der Waals surface area contributed by atoms with Gasteiger partial charge in [-0.25, -0.2) is 4.79 Å². The number of nitrogens with one attached hydrogen (secondary N) is 1. The van der Waals surface area contributed by atoms with Crippen molar-refractivity contribution in [3.8, 4) is 0 Å². The van der Waals surface area contributed by atoms with E-state index in [1.807, 2.05) is 24.3 Å². The molecule has 0 spiro atoms. The summed E-state index contributed by atoms with van der Waals surface area (Å²) in [6.07, 6.45) is -0.305. The number of thioether (sulfide) groups is 1. The summed E-state index contributed by atoms with van der Waals surface area (Å²) in [6.45, 7) is 0. The number of rotatable bonds is 4. The lowest BCUT2D eigenvalue weighted by Crippen LogP contribution is -2.44. The van der Waals surface area contributed by atoms with E-state index < -0.39 is 0 Å². The molecule has 118 valence electrons. The Bertz CT molecular complexity index is 616. The number of benzene rings is 2. The van der Waals surface area contributed by atoms with Gasteiger partial charge in [-0.3, -0.25) is 4.79 Å². The summed E-state index contributed by atoms with van der Waals surface area (Å²) >= 11 is 1.67. The van der Waals surface area contributed by atoms with Gasteiger partial charge in [-0.1, -0.05) is 36.4 Å². The van der Waals surface area contributed by atoms with Crippen LogP contribution in [0.4, 0.5) is 0 Å². The van der Waals surface area contributed by atoms with E-state index in [2.05, 4.69) is 5.32 Å². The van der Waals surface area contributed by atoms with Crippen LogP contribution in [0.1, 0.15) is 20.7 Å². The Hall–Kier alpha value is -2.27. The molecule has 0 radical (unpaired) electrons. The van der Waals surface area contributed by atoms with Gasteiger partial charge in [-0.05, 0) is 24.3 Å². The molecule has 5 heteroatoms. The van der Waals surface area contributed by atoms with E-state index in [1.165, 1.54) is 0 Å². The molecule has 0 aromatic heterocycles. The van der Waals surface area contributed by atoms with Crippen molar-refractivity contribution < 1.29 is 14.3 Å². The molecule has 1 saturated heterocycles. The van der Waals surface area contributed by atoms with Crippen LogP contribution in [0, 0.1) is 0 Å². The highest BCUT2D eigenvalue weighted by molar-refractivity contribution is 7.99. The minimum absolute atomic E-state index is 0.140. The van der Waals surface area contributed by atoms with Crippen molar-refractivity contribution >= 4 is 23.6 Å². The molecular weight excluding hydrogens is 310 g/mol. The van der Waals surface area contributed by atoms with Crippen LogP contribution in [0.15, 0.2) is 60.7 Å². The maximum atomic E-state index is 12.2. The Balaban J connectivity index is 1.62. The predicted octanol–water partition coefficient (Wildman–Crippen LogP) is 2.76. The Morgan fingerprint density at radius 1 is 0.913 bits per heavy atom. The monoisotopic (exact) mass is 327 g/mol. The second kappa shape index (κ2) is 7.33. The lowest BCUT2D eigenvalue weighted by molar-refractivity contribution is 0.0293. The van der Waals surface area contributed by atoms with Crippen LogP contribution in [0.5, 0.6) is 0 Å². The Morgan fingerprint density at radius 3 is 2.17 bits per heavy atom. The summed E-state index contributed by atoms with van der Waals surface area (Å²) < 4.78 is 5.57. The highest BCUT2D eigenvalue weighted by Crippen LogP contribution is 2.22. The highest BCUT2D eigenvalue weighted by atomic mass is 32.2. The van der Waals surface area contributed by atoms with Crippen molar-refractivity contribution in [2.45, 2.75) is 12.1 Å². The highest BCUT2D eigenvalue weighted by Gasteiger charge is 2.32. The fraction of sp³-hybridized carbons (Fsp3) is 0.222. The van der Waals surface area contributed by atoms with E-state index in [9.17, 15) is 9.59 Å². The average molecular weight is 327 g/mol. The fourth-order valence-corrected chi connectivity index (χ4v) is 3.63. The molecule has 3 rings (SSSR count). The smallest absolute Gasteiger partial charge is 0.338 e. The summed E-state index contributed by atoms with van der Waals surface area (Å²) in [5, 5.41) is 2.97. The molecule has 1 N–H and O–H groups in total. The molecule has 0 aliphatic carbocycles. The minimum atomic E-state index is -0.350. The molecule has 1 aliphatic heterocycles. The number of esters is 1. The fourth-order valence-electron chi connectivity index (χ4n) is 2.41. The van der Waals surface area contributed by atoms with Crippen LogP contribution in [0.2, 0.25) is 0 Å². The molecule has 2 aromatic carbocycles. The summed E-state index contributed by atoms with van der Waals surface area (Å²) in [4.78, 5) is 24.4. The van der Waals surface area contributed by atoms with Crippen LogP contribution >= 0.6 is 11.8 Å². The molecule has 0 saturated carbocycles. The third-order valence-corrected chi connectivity index (χ3v) is 4.81. The van der Waals surface area contributed by atoms with Gasteiger partial charge in [0, 0.05) is 17.1 Å². The molecular formula is C18H17NO3S. The van der Waals surface area contributed by atoms with Gasteiger partial charge < -0.3 is 10.1 Å². The van der Waals surface area contributed by atoms with Gasteiger partial charge in [-0.2, -0.15) is 11.8 Å². The molecule has 1 fully saturated rings. The molecule has 2 aromatic rings. The SMILES string of the molecule is O=C(NC1CSCC1OC(=O)c1ccccc1)c1ccccc1. The molecule has 23 heavy (non-hydrogen) atoms. The van der Waals surface area contributed by atoms with Gasteiger partial charge in [0.25, 0.3) is 5.91 Å². The van der Waals surface area contributed by atoms with Gasteiger partial charge in [0.05, 0.1) is 11.6 Å². The summed E-state index contributed by atoms with van der Waals surface area (Å²) in [7, 11) is 0. The zero-order valence-corrected chi connectivity index (χ0v) is 13.3. The van der Waals surface area contributed by atoms with Crippen molar-refractivity contribution in [1.82, 2.24) is 5.32 Å². The third kappa shape index (κ3) is 3.93. The zero-order chi connectivity index (χ0) is 16.1. The summed E-state index contributed by atoms with van der Waals surface area (Å²) in [5.74, 6) is 0.944. The first-order chi connectivity index (χ1) is 11.2. The molecule has 4 nitrogen and oxygen atoms in total. The lowest BCUT2D eigenvalue weighted by Gasteiger charge is -2.20. The average Bonchev–Trinajstić information content (AvgIpc) is 3.03. The van der Waals surface area contributed by atoms with Crippen molar-refractivity contribution in [3.63, 3.8) is 0 Å². The van der Waals surface area contributed by atoms with Crippen molar-refractivity contribution in [1.29, 1.82) is 0 Å². The Labute approximate surface area is 139 Å². The number of hydrogen-bond acceptors (Lipinski definition) is 4. The Kier molecular flexibility index (Phi) is 4.98. The van der Waals surface area contributed by atoms with Crippen LogP contribution in [0.25, 0.3) is 0 Å². The summed E-state index contributed by atoms with van der Waals surface area (Å²) in [6, 6.07) is 17.8. The maximum absolute atomic E-state index is 12.2. The van der Waals surface area contributed by atoms with Gasteiger partial charge >= 0.3 is 5.97 Å². The normalized spacial score (nSPS) is 20.0. The number of ether oxygens (including phenoxy) is 1. The van der Waals surface area contributed by atoms with Crippen LogP contribution in [0.3, 0.4) is 0 Å². The first-order valence-corrected chi connectivity index (χ1v) is 8.59. The van der Waals surface area contributed by atoms with Crippen LogP contribution in [-0.4, -0.2) is 35.5 Å². The first-order valence-electron chi connectivity index (χ1n) is 7.44. The third-order valence-electron chi connectivity index (χ3n) is 3.65. The summed E-state index contributed by atoms with van der Waals surface area (Å²) in [5.41, 5.74) is 1.13. The van der Waals surface area contributed by atoms with Gasteiger partial charge in [-0.15, -0.1) is 0 Å². The number of carbonyl (C=O) groups is 2. The standard InChI is InChI=1S/C18H17NO3S/c20-17(13-7-3-1-4-8-13)19-15-11-23-12-16(15)22-18(21)14-9-5-2-6-10-14/h1-10,15-16H,11-12H2,(H,19,20). The van der Waals surface area contributed by atoms with Gasteiger partial charge in [0.15, 0.2) is 0 Å². The molecule has 1 aliphatic rings. The molecule has 2 unspecified atom stereocenters. The molecule has 0 bridgehead atoms. The number of carbonyl (C=O) groups excluding carboxylic acids is 2. The van der Waals surface area contributed by atoms with E-state index in [4.69, 9.17) is 4.74 Å². The van der Waals surface area contributed by atoms with E-state index in [0.29, 0.717) is 16.9 Å². The topological polar surface area (TPSA) is 55.4 Å². The maximum Gasteiger partial charge on any atom is 0.338 e.